The van der Waals surface area contributed by atoms with Crippen LogP contribution in [0, 0.1) is 0 Å². The van der Waals surface area contributed by atoms with Crippen LogP contribution in [0.4, 0.5) is 5.69 Å². The first kappa shape index (κ1) is 29.8. The molecule has 3 aromatic rings. The van der Waals surface area contributed by atoms with Crippen molar-refractivity contribution in [3.05, 3.63) is 97.7 Å². The second-order valence-electron chi connectivity index (χ2n) is 9.69. The molecule has 0 radical (unpaired) electrons. The zero-order valence-corrected chi connectivity index (χ0v) is 23.2. The van der Waals surface area contributed by atoms with Gasteiger partial charge in [0.25, 0.3) is 0 Å². The highest BCUT2D eigenvalue weighted by Crippen LogP contribution is 2.29. The Bertz CT molecular complexity index is 1150. The Hall–Kier alpha value is -3.75. The Labute approximate surface area is 233 Å². The van der Waals surface area contributed by atoms with Crippen molar-refractivity contribution in [2.45, 2.75) is 44.7 Å². The number of aryl methyl sites for hydroxylation is 1. The predicted octanol–water partition coefficient (Wildman–Crippen LogP) is 4.43. The van der Waals surface area contributed by atoms with Crippen LogP contribution < -0.4 is 27.0 Å². The van der Waals surface area contributed by atoms with Crippen molar-refractivity contribution < 1.29 is 0 Å². The number of aromatic amines is 1. The molecule has 0 bridgehead atoms. The predicted molar refractivity (Wildman–Crippen MR) is 165 cm³/mol. The largest absolute Gasteiger partial charge is 0.391 e. The molecule has 1 unspecified atom stereocenters. The molecule has 0 saturated heterocycles. The van der Waals surface area contributed by atoms with Gasteiger partial charge in [0.15, 0.2) is 0 Å². The Kier molecular flexibility index (Phi) is 13.0. The topological polar surface area (TPSA) is 106 Å². The monoisotopic (exact) mass is 530 g/mol. The minimum atomic E-state index is 0.390. The number of para-hydroxylation sites is 1. The first-order chi connectivity index (χ1) is 19.2. The number of hydrogen-bond acceptors (Lipinski definition) is 7. The second-order valence-corrected chi connectivity index (χ2v) is 9.69. The van der Waals surface area contributed by atoms with Crippen molar-refractivity contribution in [3.63, 3.8) is 0 Å². The summed E-state index contributed by atoms with van der Waals surface area (Å²) in [6, 6.07) is 15.3. The standard InChI is InChI=1S/C16H24N4.C15H22N4/c1-3-18-11-9-15(8-10-17)20-12-14-6-4-5-7-16(14)19-13(20)2;1-2-16-9-10-17-8-4-3-5-13-6-7-15-14(11-13)12-18-19-15/h3-7,15,18-19H,1-2,8-12,17H2;2,6-7,11-12,16-17H,1,3-5,8-10H2,(H,18,19). The van der Waals surface area contributed by atoms with E-state index < -0.39 is 0 Å². The third-order valence-electron chi connectivity index (χ3n) is 6.85. The summed E-state index contributed by atoms with van der Waals surface area (Å²) in [4.78, 5) is 2.32. The second kappa shape index (κ2) is 17.0. The zero-order valence-electron chi connectivity index (χ0n) is 23.2. The van der Waals surface area contributed by atoms with Gasteiger partial charge in [-0.05, 0) is 86.9 Å². The van der Waals surface area contributed by atoms with E-state index in [-0.39, 0.29) is 0 Å². The lowest BCUT2D eigenvalue weighted by Gasteiger charge is -2.39. The lowest BCUT2D eigenvalue weighted by molar-refractivity contribution is 0.221. The van der Waals surface area contributed by atoms with Crippen molar-refractivity contribution in [2.75, 3.05) is 38.0 Å². The number of fused-ring (bicyclic) bond motifs is 2. The third-order valence-corrected chi connectivity index (χ3v) is 6.85. The molecule has 1 aliphatic heterocycles. The van der Waals surface area contributed by atoms with Gasteiger partial charge in [-0.15, -0.1) is 0 Å². The number of anilines is 1. The van der Waals surface area contributed by atoms with Gasteiger partial charge in [-0.1, -0.05) is 44.0 Å². The summed E-state index contributed by atoms with van der Waals surface area (Å²) in [5.41, 5.74) is 10.7. The molecular weight excluding hydrogens is 484 g/mol. The number of rotatable bonds is 16. The van der Waals surface area contributed by atoms with Crippen LogP contribution in [0.25, 0.3) is 10.9 Å². The average molecular weight is 531 g/mol. The molecule has 1 atom stereocenters. The number of hydrogen-bond donors (Lipinski definition) is 6. The lowest BCUT2D eigenvalue weighted by atomic mass is 10.0. The van der Waals surface area contributed by atoms with Crippen molar-refractivity contribution in [3.8, 4) is 0 Å². The van der Waals surface area contributed by atoms with E-state index in [4.69, 9.17) is 5.73 Å². The van der Waals surface area contributed by atoms with E-state index in [1.807, 2.05) is 12.3 Å². The first-order valence-corrected chi connectivity index (χ1v) is 14.0. The zero-order chi connectivity index (χ0) is 27.7. The molecule has 0 spiro atoms. The van der Waals surface area contributed by atoms with Gasteiger partial charge in [0, 0.05) is 43.3 Å². The van der Waals surface area contributed by atoms with E-state index in [1.54, 1.807) is 12.4 Å². The van der Waals surface area contributed by atoms with E-state index >= 15 is 0 Å². The average Bonchev–Trinajstić information content (AvgIpc) is 3.42. The molecule has 0 fully saturated rings. The highest BCUT2D eigenvalue weighted by Gasteiger charge is 2.24. The quantitative estimate of drug-likeness (QED) is 0.152. The number of nitrogens with one attached hydrogen (secondary N) is 5. The molecule has 4 rings (SSSR count). The minimum absolute atomic E-state index is 0.390. The van der Waals surface area contributed by atoms with Crippen LogP contribution >= 0.6 is 0 Å². The normalized spacial score (nSPS) is 13.1. The fourth-order valence-corrected chi connectivity index (χ4v) is 4.75. The number of unbranched alkanes of at least 4 members (excludes halogenated alkanes) is 1. The van der Waals surface area contributed by atoms with Crippen LogP contribution in [-0.4, -0.2) is 53.9 Å². The van der Waals surface area contributed by atoms with Gasteiger partial charge in [0.05, 0.1) is 17.5 Å². The number of nitrogens with two attached hydrogens (primary N) is 1. The number of nitrogens with zero attached hydrogens (tertiary/aromatic N) is 2. The summed E-state index contributed by atoms with van der Waals surface area (Å²) in [6.07, 6.45) is 10.9. The molecule has 0 aliphatic carbocycles. The van der Waals surface area contributed by atoms with E-state index in [1.165, 1.54) is 29.4 Å². The number of benzene rings is 2. The van der Waals surface area contributed by atoms with Crippen LogP contribution in [0.3, 0.4) is 0 Å². The summed E-state index contributed by atoms with van der Waals surface area (Å²) >= 11 is 0. The lowest BCUT2D eigenvalue weighted by Crippen LogP contribution is -2.41. The summed E-state index contributed by atoms with van der Waals surface area (Å²) in [5, 5.41) is 21.2. The third kappa shape index (κ3) is 9.81. The molecule has 0 saturated carbocycles. The summed E-state index contributed by atoms with van der Waals surface area (Å²) in [7, 11) is 0. The van der Waals surface area contributed by atoms with Crippen LogP contribution in [0.15, 0.2) is 86.6 Å². The molecule has 39 heavy (non-hydrogen) atoms. The van der Waals surface area contributed by atoms with Crippen LogP contribution in [0.1, 0.15) is 36.8 Å². The number of aromatic nitrogens is 2. The Morgan fingerprint density at radius 1 is 1.00 bits per heavy atom. The molecule has 7 N–H and O–H groups in total. The van der Waals surface area contributed by atoms with Gasteiger partial charge in [0.2, 0.25) is 0 Å². The van der Waals surface area contributed by atoms with Crippen molar-refractivity contribution in [1.82, 2.24) is 31.0 Å². The summed E-state index contributed by atoms with van der Waals surface area (Å²) in [5.74, 6) is 0.959. The molecule has 2 aromatic carbocycles. The van der Waals surface area contributed by atoms with Gasteiger partial charge < -0.3 is 31.9 Å². The van der Waals surface area contributed by atoms with Crippen molar-refractivity contribution in [2.24, 2.45) is 5.73 Å². The van der Waals surface area contributed by atoms with E-state index in [9.17, 15) is 0 Å². The van der Waals surface area contributed by atoms with Gasteiger partial charge >= 0.3 is 0 Å². The molecule has 210 valence electrons. The molecular formula is C31H46N8. The molecule has 1 aliphatic rings. The maximum atomic E-state index is 5.76. The van der Waals surface area contributed by atoms with Crippen molar-refractivity contribution >= 4 is 16.6 Å². The Morgan fingerprint density at radius 3 is 2.64 bits per heavy atom. The van der Waals surface area contributed by atoms with E-state index in [0.29, 0.717) is 12.6 Å². The Morgan fingerprint density at radius 2 is 1.82 bits per heavy atom. The summed E-state index contributed by atoms with van der Waals surface area (Å²) < 4.78 is 0. The van der Waals surface area contributed by atoms with E-state index in [2.05, 4.69) is 92.5 Å². The molecule has 2 heterocycles. The molecule has 0 amide bonds. The SMILES string of the molecule is C=CNCCC(CCN)N1Cc2ccccc2NC1=C.C=CNCCNCCCCc1ccc2[nH]ncc2c1. The van der Waals surface area contributed by atoms with Crippen LogP contribution in [-0.2, 0) is 13.0 Å². The smallest absolute Gasteiger partial charge is 0.0989 e. The van der Waals surface area contributed by atoms with Gasteiger partial charge in [-0.25, -0.2) is 0 Å². The Balaban J connectivity index is 0.000000216. The van der Waals surface area contributed by atoms with Crippen LogP contribution in [0.2, 0.25) is 0 Å². The van der Waals surface area contributed by atoms with Gasteiger partial charge in [-0.2, -0.15) is 5.10 Å². The first-order valence-electron chi connectivity index (χ1n) is 14.0. The van der Waals surface area contributed by atoms with Gasteiger partial charge in [-0.3, -0.25) is 5.10 Å². The minimum Gasteiger partial charge on any atom is -0.391 e. The van der Waals surface area contributed by atoms with E-state index in [0.717, 1.165) is 69.0 Å². The molecule has 8 heteroatoms. The maximum absolute atomic E-state index is 5.76. The van der Waals surface area contributed by atoms with Gasteiger partial charge in [0.1, 0.15) is 0 Å². The van der Waals surface area contributed by atoms with Crippen LogP contribution in [0.5, 0.6) is 0 Å². The highest BCUT2D eigenvalue weighted by atomic mass is 15.3. The maximum Gasteiger partial charge on any atom is 0.0989 e. The summed E-state index contributed by atoms with van der Waals surface area (Å²) in [6.45, 7) is 16.9. The molecule has 1 aromatic heterocycles. The highest BCUT2D eigenvalue weighted by molar-refractivity contribution is 5.78. The molecule has 8 nitrogen and oxygen atoms in total. The fourth-order valence-electron chi connectivity index (χ4n) is 4.75. The fraction of sp³-hybridized carbons (Fsp3) is 0.387. The van der Waals surface area contributed by atoms with Crippen molar-refractivity contribution in [1.29, 1.82) is 0 Å². The number of H-pyrrole nitrogens is 1.